The summed E-state index contributed by atoms with van der Waals surface area (Å²) in [5, 5.41) is 32.5. The number of aliphatic carboxylic acids is 4. The van der Waals surface area contributed by atoms with E-state index in [2.05, 4.69) is 0 Å². The molecule has 0 fully saturated rings. The summed E-state index contributed by atoms with van der Waals surface area (Å²) < 4.78 is 0. The van der Waals surface area contributed by atoms with Crippen LogP contribution in [-0.4, -0.2) is 56.4 Å². The maximum Gasteiger partial charge on any atom is 0.320 e. The fraction of sp³-hybridized carbons (Fsp3) is 0.600. The first kappa shape index (κ1) is 24.5. The van der Waals surface area contributed by atoms with Gasteiger partial charge in [0.1, 0.15) is 12.1 Å². The van der Waals surface area contributed by atoms with Crippen LogP contribution in [0.5, 0.6) is 0 Å². The Balaban J connectivity index is -0.000000295. The van der Waals surface area contributed by atoms with E-state index >= 15 is 0 Å². The largest absolute Gasteiger partial charge is 0.481 e. The summed E-state index contributed by atoms with van der Waals surface area (Å²) in [5.74, 6) is -4.39. The zero-order chi connectivity index (χ0) is 16.3. The van der Waals surface area contributed by atoms with Crippen LogP contribution in [0.2, 0.25) is 0 Å². The molecular weight excluding hydrogens is 383 g/mol. The molecule has 10 nitrogen and oxygen atoms in total. The smallest absolute Gasteiger partial charge is 0.320 e. The Morgan fingerprint density at radius 3 is 1.10 bits per heavy atom. The van der Waals surface area contributed by atoms with E-state index in [1.54, 1.807) is 0 Å². The van der Waals surface area contributed by atoms with Gasteiger partial charge in [-0.15, -0.1) is 0 Å². The van der Waals surface area contributed by atoms with Gasteiger partial charge in [0.05, 0.1) is 0 Å². The normalized spacial score (nSPS) is 11.9. The first-order valence-corrected chi connectivity index (χ1v) is 5.48. The van der Waals surface area contributed by atoms with Gasteiger partial charge in [0.2, 0.25) is 0 Å². The molecule has 0 saturated heterocycles. The minimum atomic E-state index is -1.17. The summed E-state index contributed by atoms with van der Waals surface area (Å²) in [4.78, 5) is 39.7. The van der Waals surface area contributed by atoms with Crippen molar-refractivity contribution in [2.45, 2.75) is 37.8 Å². The van der Waals surface area contributed by atoms with E-state index in [1.165, 1.54) is 0 Å². The fourth-order valence-corrected chi connectivity index (χ4v) is 0.805. The summed E-state index contributed by atoms with van der Waals surface area (Å²) in [5.41, 5.74) is 10.0. The predicted molar refractivity (Wildman–Crippen MR) is 65.0 cm³/mol. The molecule has 0 unspecified atom stereocenters. The van der Waals surface area contributed by atoms with Crippen molar-refractivity contribution < 1.29 is 60.0 Å². The summed E-state index contributed by atoms with van der Waals surface area (Å²) >= 11 is 0. The number of hydrogen-bond donors (Lipinski definition) is 6. The van der Waals surface area contributed by atoms with Gasteiger partial charge in [-0.1, -0.05) is 0 Å². The Kier molecular flexibility index (Phi) is 15.7. The van der Waals surface area contributed by atoms with Crippen molar-refractivity contribution in [2.24, 2.45) is 11.5 Å². The van der Waals surface area contributed by atoms with Gasteiger partial charge in [-0.2, -0.15) is 0 Å². The van der Waals surface area contributed by atoms with Crippen LogP contribution in [0, 0.1) is 0 Å². The average molecular weight is 401 g/mol. The maximum absolute atomic E-state index is 9.99. The number of carbonyl (C=O) groups is 4. The van der Waals surface area contributed by atoms with Crippen molar-refractivity contribution in [2.75, 3.05) is 0 Å². The SMILES string of the molecule is N[C@@H](CCC(=O)O)C(=O)O.N[C@H](CCC(=O)O)C(=O)O.[Pd]. The number of carboxylic acid groups (broad SMARTS) is 4. The molecular formula is C10H18N2O8Pd. The molecule has 0 rings (SSSR count). The molecule has 0 saturated carbocycles. The van der Waals surface area contributed by atoms with Gasteiger partial charge < -0.3 is 31.9 Å². The summed E-state index contributed by atoms with van der Waals surface area (Å²) in [6.45, 7) is 0. The molecule has 0 spiro atoms. The van der Waals surface area contributed by atoms with Crippen LogP contribution in [0.1, 0.15) is 25.7 Å². The van der Waals surface area contributed by atoms with Gasteiger partial charge in [-0.3, -0.25) is 19.2 Å². The second-order valence-corrected chi connectivity index (χ2v) is 3.75. The molecule has 11 heteroatoms. The molecule has 8 N–H and O–H groups in total. The van der Waals surface area contributed by atoms with Crippen LogP contribution in [-0.2, 0) is 39.6 Å². The zero-order valence-corrected chi connectivity index (χ0v) is 12.4. The molecule has 0 radical (unpaired) electrons. The van der Waals surface area contributed by atoms with E-state index in [0.29, 0.717) is 0 Å². The standard InChI is InChI=1S/2C5H9NO4.Pd/c2*6-3(5(9)10)1-2-4(7)8;/h2*3H,1-2,6H2,(H,7,8)(H,9,10);/t2*3-;/m10./s1. The Morgan fingerprint density at radius 1 is 0.714 bits per heavy atom. The van der Waals surface area contributed by atoms with Crippen molar-refractivity contribution >= 4 is 23.9 Å². The Hall–Kier alpha value is -1.54. The molecule has 2 atom stereocenters. The van der Waals surface area contributed by atoms with Crippen molar-refractivity contribution in [3.63, 3.8) is 0 Å². The Labute approximate surface area is 133 Å². The Bertz CT molecular complexity index is 329. The molecule has 0 amide bonds. The molecule has 0 aliphatic rings. The molecule has 0 aromatic heterocycles. The molecule has 126 valence electrons. The third kappa shape index (κ3) is 18.5. The van der Waals surface area contributed by atoms with Gasteiger partial charge in [-0.05, 0) is 12.8 Å². The predicted octanol–water partition coefficient (Wildman–Crippen LogP) is -1.48. The number of nitrogens with two attached hydrogens (primary N) is 2. The van der Waals surface area contributed by atoms with Crippen LogP contribution in [0.25, 0.3) is 0 Å². The molecule has 0 aromatic carbocycles. The molecule has 0 heterocycles. The third-order valence-corrected chi connectivity index (χ3v) is 1.97. The van der Waals surface area contributed by atoms with E-state index in [1.807, 2.05) is 0 Å². The van der Waals surface area contributed by atoms with E-state index in [-0.39, 0.29) is 46.1 Å². The second kappa shape index (κ2) is 13.4. The first-order chi connectivity index (χ1) is 9.07. The average Bonchev–Trinajstić information content (AvgIpc) is 2.33. The van der Waals surface area contributed by atoms with Crippen molar-refractivity contribution in [3.8, 4) is 0 Å². The monoisotopic (exact) mass is 400 g/mol. The minimum Gasteiger partial charge on any atom is -0.481 e. The van der Waals surface area contributed by atoms with Crippen molar-refractivity contribution in [1.29, 1.82) is 0 Å². The van der Waals surface area contributed by atoms with Gasteiger partial charge in [0.25, 0.3) is 0 Å². The van der Waals surface area contributed by atoms with Gasteiger partial charge in [0, 0.05) is 33.3 Å². The summed E-state index contributed by atoms with van der Waals surface area (Å²) in [6.07, 6.45) is -0.448. The van der Waals surface area contributed by atoms with Crippen LogP contribution < -0.4 is 11.5 Å². The van der Waals surface area contributed by atoms with E-state index in [0.717, 1.165) is 0 Å². The quantitative estimate of drug-likeness (QED) is 0.261. The third-order valence-electron chi connectivity index (χ3n) is 1.97. The minimum absolute atomic E-state index is 0. The molecule has 0 aliphatic heterocycles. The molecule has 21 heavy (non-hydrogen) atoms. The van der Waals surface area contributed by atoms with E-state index in [4.69, 9.17) is 31.9 Å². The van der Waals surface area contributed by atoms with Gasteiger partial charge >= 0.3 is 23.9 Å². The van der Waals surface area contributed by atoms with E-state index in [9.17, 15) is 19.2 Å². The zero-order valence-electron chi connectivity index (χ0n) is 10.9. The van der Waals surface area contributed by atoms with Crippen LogP contribution in [0.15, 0.2) is 0 Å². The number of hydrogen-bond acceptors (Lipinski definition) is 6. The molecule has 0 aliphatic carbocycles. The second-order valence-electron chi connectivity index (χ2n) is 3.75. The first-order valence-electron chi connectivity index (χ1n) is 5.48. The summed E-state index contributed by atoms with van der Waals surface area (Å²) in [6, 6.07) is -2.12. The summed E-state index contributed by atoms with van der Waals surface area (Å²) in [7, 11) is 0. The number of rotatable bonds is 8. The van der Waals surface area contributed by atoms with E-state index < -0.39 is 36.0 Å². The Morgan fingerprint density at radius 2 is 0.952 bits per heavy atom. The van der Waals surface area contributed by atoms with Crippen LogP contribution in [0.3, 0.4) is 0 Å². The number of carboxylic acids is 4. The fourth-order valence-electron chi connectivity index (χ4n) is 0.805. The molecule has 0 bridgehead atoms. The van der Waals surface area contributed by atoms with Gasteiger partial charge in [-0.25, -0.2) is 0 Å². The topological polar surface area (TPSA) is 201 Å². The van der Waals surface area contributed by atoms with Crippen molar-refractivity contribution in [3.05, 3.63) is 0 Å². The molecule has 0 aromatic rings. The van der Waals surface area contributed by atoms with Crippen molar-refractivity contribution in [1.82, 2.24) is 0 Å². The van der Waals surface area contributed by atoms with Crippen LogP contribution >= 0.6 is 0 Å². The van der Waals surface area contributed by atoms with Gasteiger partial charge in [0.15, 0.2) is 0 Å². The van der Waals surface area contributed by atoms with Crippen LogP contribution in [0.4, 0.5) is 0 Å². The maximum atomic E-state index is 9.99.